The number of quaternary nitrogens is 1. The number of hydrogen-bond donors (Lipinski definition) is 1. The van der Waals surface area contributed by atoms with Gasteiger partial charge in [-0.3, -0.25) is 4.90 Å². The van der Waals surface area contributed by atoms with Crippen molar-refractivity contribution < 1.29 is 14.4 Å². The zero-order chi connectivity index (χ0) is 32.1. The van der Waals surface area contributed by atoms with Gasteiger partial charge in [0.05, 0.1) is 13.1 Å². The first kappa shape index (κ1) is 40.1. The molecule has 0 aliphatic heterocycles. The van der Waals surface area contributed by atoms with E-state index >= 15 is 0 Å². The van der Waals surface area contributed by atoms with Crippen LogP contribution >= 0.6 is 0 Å². The summed E-state index contributed by atoms with van der Waals surface area (Å²) in [6.45, 7) is 8.72. The van der Waals surface area contributed by atoms with Crippen LogP contribution in [0.4, 0.5) is 10.5 Å². The molecule has 0 aliphatic carbocycles. The molecule has 0 spiro atoms. The summed E-state index contributed by atoms with van der Waals surface area (Å²) in [5.74, 6) is 0.720. The van der Waals surface area contributed by atoms with Crippen LogP contribution in [0.5, 0.6) is 0 Å². The molecule has 1 aromatic rings. The molecule has 0 saturated heterocycles. The molecule has 1 amide bonds. The Morgan fingerprint density at radius 1 is 0.591 bits per heavy atom. The summed E-state index contributed by atoms with van der Waals surface area (Å²) in [6.07, 6.45) is 28.7. The molecule has 0 unspecified atom stereocenters. The third-order valence-corrected chi connectivity index (χ3v) is 9.24. The van der Waals surface area contributed by atoms with Gasteiger partial charge in [0.1, 0.15) is 0 Å². The molecule has 1 N–H and O–H groups in total. The SMILES string of the molecule is CCCCCCCCCCN=C(N(C)c1ccccc1)[N+](CCCCCCCCCC)(CCCCCCCCCC)C(=O)O. The van der Waals surface area contributed by atoms with Crippen molar-refractivity contribution in [2.75, 3.05) is 31.6 Å². The van der Waals surface area contributed by atoms with Crippen LogP contribution in [0, 0.1) is 0 Å². The molecular weight excluding hydrogens is 542 g/mol. The largest absolute Gasteiger partial charge is 0.521 e. The smallest absolute Gasteiger partial charge is 0.435 e. The van der Waals surface area contributed by atoms with Gasteiger partial charge in [-0.15, -0.1) is 0 Å². The summed E-state index contributed by atoms with van der Waals surface area (Å²) >= 11 is 0. The summed E-state index contributed by atoms with van der Waals surface area (Å²) in [5.41, 5.74) is 1.01. The number of hydrogen-bond acceptors (Lipinski definition) is 2. The maximum Gasteiger partial charge on any atom is 0.521 e. The van der Waals surface area contributed by atoms with Crippen molar-refractivity contribution >= 4 is 17.7 Å². The Labute approximate surface area is 273 Å². The molecule has 0 heterocycles. The van der Waals surface area contributed by atoms with E-state index < -0.39 is 6.09 Å². The van der Waals surface area contributed by atoms with Gasteiger partial charge >= 0.3 is 12.1 Å². The lowest BCUT2D eigenvalue weighted by atomic mass is 10.1. The lowest BCUT2D eigenvalue weighted by molar-refractivity contribution is -0.769. The summed E-state index contributed by atoms with van der Waals surface area (Å²) in [5, 5.41) is 11.0. The average Bonchev–Trinajstić information content (AvgIpc) is 3.03. The quantitative estimate of drug-likeness (QED) is 0.0442. The molecule has 0 atom stereocenters. The average molecular weight is 615 g/mol. The van der Waals surface area contributed by atoms with E-state index in [4.69, 9.17) is 4.99 Å². The van der Waals surface area contributed by atoms with Crippen LogP contribution < -0.4 is 4.90 Å². The number of carbonyl (C=O) groups is 1. The highest BCUT2D eigenvalue weighted by Crippen LogP contribution is 2.24. The number of para-hydroxylation sites is 1. The molecule has 0 bridgehead atoms. The first-order valence-electron chi connectivity index (χ1n) is 19.0. The minimum atomic E-state index is -0.742. The maximum atomic E-state index is 13.4. The monoisotopic (exact) mass is 615 g/mol. The second-order valence-corrected chi connectivity index (χ2v) is 13.2. The molecule has 0 saturated carbocycles. The van der Waals surface area contributed by atoms with E-state index in [1.165, 1.54) is 122 Å². The van der Waals surface area contributed by atoms with Crippen molar-refractivity contribution in [2.24, 2.45) is 4.99 Å². The first-order chi connectivity index (χ1) is 21.5. The number of guanidine groups is 1. The Hall–Kier alpha value is -1.88. The molecule has 44 heavy (non-hydrogen) atoms. The molecule has 1 rings (SSSR count). The molecule has 0 radical (unpaired) electrons. The number of amides is 1. The molecule has 0 fully saturated rings. The van der Waals surface area contributed by atoms with Crippen molar-refractivity contribution in [3.05, 3.63) is 30.3 Å². The standard InChI is InChI=1S/C39H71N3O2/c1-5-8-11-14-17-20-23-29-34-40-38(41(4)37-32-27-26-28-33-37)42(39(43)44,35-30-24-21-18-15-12-9-6-2)36-31-25-22-19-16-13-10-7-3/h26-28,32-33H,5-25,29-31,34-36H2,1-4H3/p+1. The Kier molecular flexibility index (Phi) is 25.0. The van der Waals surface area contributed by atoms with Gasteiger partial charge in [0.15, 0.2) is 0 Å². The van der Waals surface area contributed by atoms with Crippen LogP contribution in [-0.2, 0) is 0 Å². The van der Waals surface area contributed by atoms with Crippen LogP contribution in [0.3, 0.4) is 0 Å². The van der Waals surface area contributed by atoms with Crippen LogP contribution in [-0.4, -0.2) is 48.3 Å². The van der Waals surface area contributed by atoms with E-state index in [0.29, 0.717) is 19.6 Å². The zero-order valence-electron chi connectivity index (χ0n) is 29.7. The number of aliphatic imine (C=N–C) groups is 1. The topological polar surface area (TPSA) is 52.9 Å². The van der Waals surface area contributed by atoms with Crippen LogP contribution in [0.25, 0.3) is 0 Å². The number of benzene rings is 1. The van der Waals surface area contributed by atoms with Gasteiger partial charge in [-0.25, -0.2) is 4.99 Å². The summed E-state index contributed by atoms with van der Waals surface area (Å²) in [7, 11) is 2.03. The highest BCUT2D eigenvalue weighted by molar-refractivity contribution is 5.95. The molecule has 0 aliphatic rings. The number of anilines is 1. The molecule has 5 nitrogen and oxygen atoms in total. The highest BCUT2D eigenvalue weighted by Gasteiger charge is 2.44. The van der Waals surface area contributed by atoms with Crippen LogP contribution in [0.1, 0.15) is 175 Å². The Morgan fingerprint density at radius 3 is 1.34 bits per heavy atom. The molecule has 5 heteroatoms. The van der Waals surface area contributed by atoms with Gasteiger partial charge in [0, 0.05) is 19.3 Å². The summed E-state index contributed by atoms with van der Waals surface area (Å²) in [4.78, 5) is 20.7. The van der Waals surface area contributed by atoms with E-state index in [9.17, 15) is 9.90 Å². The molecule has 0 aromatic heterocycles. The van der Waals surface area contributed by atoms with Crippen molar-refractivity contribution in [1.29, 1.82) is 0 Å². The highest BCUT2D eigenvalue weighted by atomic mass is 16.4. The zero-order valence-corrected chi connectivity index (χ0v) is 29.7. The Balaban J connectivity index is 3.05. The van der Waals surface area contributed by atoms with Crippen molar-refractivity contribution in [1.82, 2.24) is 0 Å². The second-order valence-electron chi connectivity index (χ2n) is 13.2. The molecule has 254 valence electrons. The summed E-state index contributed by atoms with van der Waals surface area (Å²) < 4.78 is -0.0475. The van der Waals surface area contributed by atoms with Crippen molar-refractivity contribution in [3.8, 4) is 0 Å². The van der Waals surface area contributed by atoms with Gasteiger partial charge in [0.25, 0.3) is 0 Å². The fraction of sp³-hybridized carbons (Fsp3) is 0.795. The Morgan fingerprint density at radius 2 is 0.955 bits per heavy atom. The lowest BCUT2D eigenvalue weighted by Crippen LogP contribution is -2.62. The fourth-order valence-electron chi connectivity index (χ4n) is 6.34. The van der Waals surface area contributed by atoms with Gasteiger partial charge in [-0.05, 0) is 44.2 Å². The van der Waals surface area contributed by atoms with Crippen molar-refractivity contribution in [2.45, 2.75) is 175 Å². The third kappa shape index (κ3) is 17.6. The van der Waals surface area contributed by atoms with Crippen LogP contribution in [0.2, 0.25) is 0 Å². The number of unbranched alkanes of at least 4 members (excludes halogenated alkanes) is 21. The van der Waals surface area contributed by atoms with Gasteiger partial charge in [-0.2, -0.15) is 9.28 Å². The first-order valence-corrected chi connectivity index (χ1v) is 19.0. The van der Waals surface area contributed by atoms with E-state index in [2.05, 4.69) is 37.8 Å². The van der Waals surface area contributed by atoms with Crippen LogP contribution in [0.15, 0.2) is 35.3 Å². The Bertz CT molecular complexity index is 806. The molecular formula is C39H72N3O2+. The predicted octanol–water partition coefficient (Wildman–Crippen LogP) is 12.4. The van der Waals surface area contributed by atoms with Gasteiger partial charge in [0.2, 0.25) is 0 Å². The van der Waals surface area contributed by atoms with E-state index in [0.717, 1.165) is 43.8 Å². The van der Waals surface area contributed by atoms with E-state index in [-0.39, 0.29) is 4.48 Å². The minimum Gasteiger partial charge on any atom is -0.435 e. The van der Waals surface area contributed by atoms with Crippen molar-refractivity contribution in [3.63, 3.8) is 0 Å². The third-order valence-electron chi connectivity index (χ3n) is 9.24. The molecule has 1 aromatic carbocycles. The lowest BCUT2D eigenvalue weighted by Gasteiger charge is -2.37. The second kappa shape index (κ2) is 27.4. The maximum absolute atomic E-state index is 13.4. The van der Waals surface area contributed by atoms with Gasteiger partial charge < -0.3 is 5.11 Å². The number of nitrogens with zero attached hydrogens (tertiary/aromatic N) is 3. The number of carboxylic acid groups (broad SMARTS) is 1. The fourth-order valence-corrected chi connectivity index (χ4v) is 6.34. The van der Waals surface area contributed by atoms with E-state index in [1.54, 1.807) is 0 Å². The predicted molar refractivity (Wildman–Crippen MR) is 193 cm³/mol. The van der Waals surface area contributed by atoms with Gasteiger partial charge in [-0.1, -0.05) is 161 Å². The number of rotatable bonds is 28. The summed E-state index contributed by atoms with van der Waals surface area (Å²) in [6, 6.07) is 10.3. The minimum absolute atomic E-state index is 0.0475. The normalized spacial score (nSPS) is 12.1. The van der Waals surface area contributed by atoms with E-state index in [1.807, 2.05) is 25.2 Å².